The van der Waals surface area contributed by atoms with Gasteiger partial charge in [0.05, 0.1) is 0 Å². The fourth-order valence-corrected chi connectivity index (χ4v) is 1.63. The van der Waals surface area contributed by atoms with Crippen molar-refractivity contribution in [3.8, 4) is 0 Å². The van der Waals surface area contributed by atoms with Gasteiger partial charge >= 0.3 is 104 Å². The van der Waals surface area contributed by atoms with E-state index < -0.39 is 12.2 Å². The second-order valence-corrected chi connectivity index (χ2v) is 6.04. The van der Waals surface area contributed by atoms with Crippen molar-refractivity contribution in [3.63, 3.8) is 0 Å². The van der Waals surface area contributed by atoms with Crippen LogP contribution in [0.4, 0.5) is 13.2 Å². The van der Waals surface area contributed by atoms with E-state index in [-0.39, 0.29) is 5.54 Å². The minimum absolute atomic E-state index is 0.337. The van der Waals surface area contributed by atoms with Crippen LogP contribution in [0, 0.1) is 0 Å². The molecule has 86 valence electrons. The van der Waals surface area contributed by atoms with Crippen LogP contribution in [-0.4, -0.2) is 51.1 Å². The van der Waals surface area contributed by atoms with Crippen molar-refractivity contribution in [2.45, 2.75) is 52.4 Å². The van der Waals surface area contributed by atoms with Crippen LogP contribution in [0.15, 0.2) is 4.99 Å². The van der Waals surface area contributed by atoms with E-state index in [9.17, 15) is 13.2 Å². The Kier molecular flexibility index (Phi) is 5.02. The number of halogens is 3. The topological polar surface area (TPSA) is 15.6 Å². The quantitative estimate of drug-likeness (QED) is 0.535. The van der Waals surface area contributed by atoms with Gasteiger partial charge in [0, 0.05) is 0 Å². The number of aliphatic imine (C=N–C) groups is 1. The van der Waals surface area contributed by atoms with Gasteiger partial charge in [0.25, 0.3) is 0 Å². The number of alkyl halides is 3. The third-order valence-electron chi connectivity index (χ3n) is 1.76. The molecule has 0 spiro atoms. The molecule has 1 unspecified atom stereocenters. The summed E-state index contributed by atoms with van der Waals surface area (Å²) in [6.45, 7) is 8.38. The molecule has 0 aromatic rings. The van der Waals surface area contributed by atoms with Gasteiger partial charge in [-0.05, 0) is 0 Å². The Morgan fingerprint density at radius 3 is 1.93 bits per heavy atom. The van der Waals surface area contributed by atoms with Crippen LogP contribution in [0.5, 0.6) is 0 Å². The van der Waals surface area contributed by atoms with Crippen LogP contribution < -0.4 is 0 Å². The van der Waals surface area contributed by atoms with Crippen LogP contribution in [0.2, 0.25) is 0 Å². The van der Waals surface area contributed by atoms with E-state index in [4.69, 9.17) is 0 Å². The van der Waals surface area contributed by atoms with Crippen LogP contribution in [0.1, 0.15) is 34.6 Å². The van der Waals surface area contributed by atoms with Gasteiger partial charge < -0.3 is 0 Å². The monoisotopic (exact) mass is 324 g/mol. The van der Waals surface area contributed by atoms with E-state index in [1.807, 2.05) is 20.8 Å². The molecule has 0 fully saturated rings. The molecule has 0 aliphatic heterocycles. The summed E-state index contributed by atoms with van der Waals surface area (Å²) in [6, 6.07) is -1.45. The molecule has 0 saturated heterocycles. The van der Waals surface area contributed by atoms with Crippen LogP contribution in [0.3, 0.4) is 0 Å². The molecule has 15 heavy (non-hydrogen) atoms. The Morgan fingerprint density at radius 1 is 1.27 bits per heavy atom. The number of hydrogen-bond donors (Lipinski definition) is 0. The molecule has 0 aliphatic rings. The molecule has 2 nitrogen and oxygen atoms in total. The standard InChI is InChI=1S/C9H16F3N2.In/c1-6(9(10,11)12)13-7(2)14-8(3,4)5;/h6H,1-5H3;/q-1;+1. The number of nitrogens with zero attached hydrogens (tertiary/aromatic N) is 2. The Bertz CT molecular complexity index is 243. The minimum atomic E-state index is -4.19. The molecule has 0 aliphatic carbocycles. The first-order valence-corrected chi connectivity index (χ1v) is 6.09. The molecule has 0 amide bonds. The summed E-state index contributed by atoms with van der Waals surface area (Å²) >= 11 is 0.383. The maximum absolute atomic E-state index is 12.4. The van der Waals surface area contributed by atoms with Crippen molar-refractivity contribution in [2.75, 3.05) is 0 Å². The normalized spacial score (nSPS) is 16.4. The molecule has 0 rings (SSSR count). The summed E-state index contributed by atoms with van der Waals surface area (Å²) in [7, 11) is 0. The van der Waals surface area contributed by atoms with Gasteiger partial charge in [-0.2, -0.15) is 0 Å². The first kappa shape index (κ1) is 15.1. The van der Waals surface area contributed by atoms with E-state index in [2.05, 4.69) is 4.99 Å². The summed E-state index contributed by atoms with van der Waals surface area (Å²) in [5.74, 6) is 0.453. The molecule has 0 heterocycles. The van der Waals surface area contributed by atoms with E-state index >= 15 is 0 Å². The third-order valence-corrected chi connectivity index (χ3v) is 4.10. The van der Waals surface area contributed by atoms with E-state index in [1.54, 1.807) is 6.92 Å². The molecule has 0 bridgehead atoms. The molecule has 0 aromatic heterocycles. The zero-order valence-electron chi connectivity index (χ0n) is 9.68. The van der Waals surface area contributed by atoms with Gasteiger partial charge in [0.15, 0.2) is 0 Å². The van der Waals surface area contributed by atoms with Gasteiger partial charge in [-0.15, -0.1) is 0 Å². The van der Waals surface area contributed by atoms with Gasteiger partial charge in [0.1, 0.15) is 0 Å². The average molecular weight is 324 g/mol. The van der Waals surface area contributed by atoms with Crippen molar-refractivity contribution in [1.82, 2.24) is 2.89 Å². The Morgan fingerprint density at radius 2 is 1.67 bits per heavy atom. The van der Waals surface area contributed by atoms with Gasteiger partial charge in [-0.3, -0.25) is 0 Å². The number of hydrogen-bond acceptors (Lipinski definition) is 1. The molecule has 0 aromatic carbocycles. The summed E-state index contributed by atoms with van der Waals surface area (Å²) in [4.78, 5) is 4.22. The van der Waals surface area contributed by atoms with Crippen molar-refractivity contribution < 1.29 is 13.2 Å². The van der Waals surface area contributed by atoms with Gasteiger partial charge in [0.2, 0.25) is 0 Å². The van der Waals surface area contributed by atoms with Crippen molar-refractivity contribution in [2.24, 2.45) is 4.99 Å². The molecule has 0 saturated carbocycles. The molecule has 2 radical (unpaired) electrons. The van der Waals surface area contributed by atoms with Crippen molar-refractivity contribution in [3.05, 3.63) is 0 Å². The first-order chi connectivity index (χ1) is 6.45. The van der Waals surface area contributed by atoms with E-state index in [0.29, 0.717) is 30.5 Å². The van der Waals surface area contributed by atoms with Gasteiger partial charge in [-0.25, -0.2) is 0 Å². The zero-order valence-corrected chi connectivity index (χ0v) is 13.0. The molecule has 0 N–H and O–H groups in total. The summed E-state index contributed by atoms with van der Waals surface area (Å²) in [5.41, 5.74) is -0.337. The summed E-state index contributed by atoms with van der Waals surface area (Å²) in [5, 5.41) is 0. The fourth-order valence-electron chi connectivity index (χ4n) is 0.981. The first-order valence-electron chi connectivity index (χ1n) is 4.62. The molecule has 1 atom stereocenters. The molecular formula is C9H16F3InN2. The Hall–Kier alpha value is 0.130. The Balaban J connectivity index is 4.73. The third kappa shape index (κ3) is 5.68. The fraction of sp³-hybridized carbons (Fsp3) is 0.889. The SMILES string of the molecule is CC(=NC(C)(C)C)[N]([In])C(C)C(F)(F)F. The van der Waals surface area contributed by atoms with Gasteiger partial charge in [-0.1, -0.05) is 0 Å². The predicted octanol–water partition coefficient (Wildman–Crippen LogP) is 2.54. The predicted molar refractivity (Wildman–Crippen MR) is 56.0 cm³/mol. The maximum atomic E-state index is 12.4. The van der Waals surface area contributed by atoms with E-state index in [1.165, 1.54) is 2.89 Å². The number of amidine groups is 1. The molecular weight excluding hydrogens is 308 g/mol. The van der Waals surface area contributed by atoms with Crippen LogP contribution in [0.25, 0.3) is 0 Å². The van der Waals surface area contributed by atoms with E-state index in [0.717, 1.165) is 6.92 Å². The summed E-state index contributed by atoms with van der Waals surface area (Å²) in [6.07, 6.45) is -4.19. The summed E-state index contributed by atoms with van der Waals surface area (Å²) < 4.78 is 38.5. The second-order valence-electron chi connectivity index (χ2n) is 4.45. The number of rotatable bonds is 1. The van der Waals surface area contributed by atoms with Crippen LogP contribution in [-0.2, 0) is 0 Å². The van der Waals surface area contributed by atoms with Crippen molar-refractivity contribution in [1.29, 1.82) is 0 Å². The second kappa shape index (κ2) is 4.97. The average Bonchev–Trinajstić information content (AvgIpc) is 1.96. The van der Waals surface area contributed by atoms with Crippen molar-refractivity contribution >= 4 is 30.5 Å². The zero-order chi connectivity index (χ0) is 12.4. The molecule has 6 heteroatoms. The Labute approximate surface area is 104 Å². The van der Waals surface area contributed by atoms with Crippen LogP contribution >= 0.6 is 0 Å².